The Morgan fingerprint density at radius 3 is 2.96 bits per heavy atom. The number of pyridine rings is 1. The molecule has 3 rings (SSSR count). The maximum atomic E-state index is 11.9. The molecule has 0 saturated heterocycles. The Kier molecular flexibility index (Phi) is 5.32. The number of nitrogens with one attached hydrogen (secondary N) is 1. The van der Waals surface area contributed by atoms with Crippen LogP contribution in [-0.4, -0.2) is 32.0 Å². The number of nitrogens with zero attached hydrogens (tertiary/aromatic N) is 4. The van der Waals surface area contributed by atoms with Crippen LogP contribution in [0, 0.1) is 0 Å². The molecule has 0 spiro atoms. The van der Waals surface area contributed by atoms with Crippen molar-refractivity contribution in [1.82, 2.24) is 24.8 Å². The first-order valence-electron chi connectivity index (χ1n) is 7.84. The van der Waals surface area contributed by atoms with E-state index in [1.165, 1.54) is 0 Å². The van der Waals surface area contributed by atoms with E-state index < -0.39 is 0 Å². The highest BCUT2D eigenvalue weighted by Gasteiger charge is 2.09. The largest absolute Gasteiger partial charge is 0.351 e. The number of unbranched alkanes of at least 4 members (excludes halogenated alkanes) is 1. The van der Waals surface area contributed by atoms with E-state index in [1.54, 1.807) is 34.6 Å². The Labute approximate surface area is 144 Å². The van der Waals surface area contributed by atoms with Gasteiger partial charge < -0.3 is 9.88 Å². The third-order valence-electron chi connectivity index (χ3n) is 3.63. The lowest BCUT2D eigenvalue weighted by Crippen LogP contribution is -2.26. The Balaban J connectivity index is 1.40. The predicted octanol–water partition coefficient (Wildman–Crippen LogP) is 2.69. The fraction of sp³-hybridized carbons (Fsp3) is 0.294. The van der Waals surface area contributed by atoms with Crippen LogP contribution in [0.25, 0.3) is 11.4 Å². The summed E-state index contributed by atoms with van der Waals surface area (Å²) in [7, 11) is 1.81. The maximum absolute atomic E-state index is 11.9. The molecule has 124 valence electrons. The first kappa shape index (κ1) is 16.3. The minimum Gasteiger partial charge on any atom is -0.351 e. The molecule has 3 heterocycles. The normalized spacial score (nSPS) is 10.7. The van der Waals surface area contributed by atoms with Crippen molar-refractivity contribution in [3.8, 4) is 11.4 Å². The van der Waals surface area contributed by atoms with Gasteiger partial charge in [0.2, 0.25) is 0 Å². The molecule has 0 saturated carbocycles. The zero-order valence-corrected chi connectivity index (χ0v) is 14.3. The molecule has 0 bridgehead atoms. The van der Waals surface area contributed by atoms with E-state index in [-0.39, 0.29) is 5.91 Å². The number of imidazole rings is 1. The molecule has 0 aromatic carbocycles. The van der Waals surface area contributed by atoms with E-state index in [0.29, 0.717) is 12.2 Å². The van der Waals surface area contributed by atoms with Gasteiger partial charge in [-0.1, -0.05) is 6.07 Å². The molecule has 0 aliphatic rings. The number of aromatic nitrogens is 4. The number of carbonyl (C=O) groups is 1. The summed E-state index contributed by atoms with van der Waals surface area (Å²) in [5, 5.41) is 6.07. The molecular weight excluding hydrogens is 322 g/mol. The second kappa shape index (κ2) is 7.83. The zero-order valence-electron chi connectivity index (χ0n) is 13.5. The number of rotatable bonds is 7. The Bertz CT molecular complexity index is 796. The average Bonchev–Trinajstić information content (AvgIpc) is 3.24. The molecule has 3 aromatic rings. The Morgan fingerprint density at radius 1 is 1.29 bits per heavy atom. The van der Waals surface area contributed by atoms with E-state index in [9.17, 15) is 4.79 Å². The van der Waals surface area contributed by atoms with Gasteiger partial charge in [0.25, 0.3) is 5.91 Å². The van der Waals surface area contributed by atoms with Gasteiger partial charge in [-0.3, -0.25) is 9.78 Å². The smallest absolute Gasteiger partial charge is 0.269 e. The molecular formula is C17H19N5OS. The quantitative estimate of drug-likeness (QED) is 0.671. The van der Waals surface area contributed by atoms with Crippen molar-refractivity contribution in [2.45, 2.75) is 19.3 Å². The van der Waals surface area contributed by atoms with Gasteiger partial charge in [0.05, 0.1) is 28.9 Å². The summed E-state index contributed by atoms with van der Waals surface area (Å²) in [6.45, 7) is 0.655. The molecule has 24 heavy (non-hydrogen) atoms. The molecule has 1 N–H and O–H groups in total. The summed E-state index contributed by atoms with van der Waals surface area (Å²) in [6, 6.07) is 5.83. The molecule has 6 nitrogen and oxygen atoms in total. The molecule has 7 heteroatoms. The lowest BCUT2D eigenvalue weighted by molar-refractivity contribution is 0.0945. The van der Waals surface area contributed by atoms with Crippen molar-refractivity contribution in [2.75, 3.05) is 6.54 Å². The van der Waals surface area contributed by atoms with Crippen molar-refractivity contribution in [3.63, 3.8) is 0 Å². The summed E-state index contributed by atoms with van der Waals surface area (Å²) in [5.74, 6) is -0.0818. The highest BCUT2D eigenvalue weighted by molar-refractivity contribution is 7.09. The Morgan fingerprint density at radius 2 is 2.21 bits per heavy atom. The van der Waals surface area contributed by atoms with Crippen molar-refractivity contribution in [2.24, 2.45) is 7.05 Å². The van der Waals surface area contributed by atoms with Crippen molar-refractivity contribution < 1.29 is 4.79 Å². The molecule has 0 unspecified atom stereocenters. The van der Waals surface area contributed by atoms with Crippen molar-refractivity contribution in [1.29, 1.82) is 0 Å². The summed E-state index contributed by atoms with van der Waals surface area (Å²) in [4.78, 5) is 24.8. The third kappa shape index (κ3) is 4.05. The number of aryl methyl sites for hydroxylation is 2. The summed E-state index contributed by atoms with van der Waals surface area (Å²) < 4.78 is 1.71. The van der Waals surface area contributed by atoms with Crippen LogP contribution in [-0.2, 0) is 13.5 Å². The summed E-state index contributed by atoms with van der Waals surface area (Å²) in [5.41, 5.74) is 2.42. The molecule has 0 fully saturated rings. The van der Waals surface area contributed by atoms with E-state index in [1.807, 2.05) is 30.6 Å². The number of hydrogen-bond acceptors (Lipinski definition) is 5. The number of hydrogen-bond donors (Lipinski definition) is 1. The second-order valence-corrected chi connectivity index (χ2v) is 6.39. The van der Waals surface area contributed by atoms with Crippen LogP contribution >= 0.6 is 11.3 Å². The first-order chi connectivity index (χ1) is 11.7. The SMILES string of the molecule is Cn1cncc1C(=O)NCCCCc1nc(-c2ccccn2)cs1. The molecule has 0 aliphatic carbocycles. The fourth-order valence-corrected chi connectivity index (χ4v) is 3.16. The highest BCUT2D eigenvalue weighted by atomic mass is 32.1. The third-order valence-corrected chi connectivity index (χ3v) is 4.54. The molecule has 1 amide bonds. The van der Waals surface area contributed by atoms with Crippen LogP contribution < -0.4 is 5.32 Å². The van der Waals surface area contributed by atoms with Crippen molar-refractivity contribution in [3.05, 3.63) is 53.0 Å². The van der Waals surface area contributed by atoms with E-state index in [0.717, 1.165) is 35.7 Å². The van der Waals surface area contributed by atoms with Gasteiger partial charge in [-0.15, -0.1) is 11.3 Å². The van der Waals surface area contributed by atoms with E-state index >= 15 is 0 Å². The summed E-state index contributed by atoms with van der Waals surface area (Å²) >= 11 is 1.66. The summed E-state index contributed by atoms with van der Waals surface area (Å²) in [6.07, 6.45) is 7.79. The number of carbonyl (C=O) groups excluding carboxylic acids is 1. The van der Waals surface area contributed by atoms with Crippen LogP contribution in [0.3, 0.4) is 0 Å². The van der Waals surface area contributed by atoms with Crippen LogP contribution in [0.15, 0.2) is 42.3 Å². The molecule has 0 aliphatic heterocycles. The van der Waals surface area contributed by atoms with E-state index in [4.69, 9.17) is 0 Å². The Hall–Kier alpha value is -2.54. The minimum atomic E-state index is -0.0818. The molecule has 0 atom stereocenters. The van der Waals surface area contributed by atoms with Crippen molar-refractivity contribution >= 4 is 17.2 Å². The predicted molar refractivity (Wildman–Crippen MR) is 93.8 cm³/mol. The van der Waals surface area contributed by atoms with Gasteiger partial charge in [-0.05, 0) is 31.4 Å². The van der Waals surface area contributed by atoms with Crippen LogP contribution in [0.5, 0.6) is 0 Å². The maximum Gasteiger partial charge on any atom is 0.269 e. The van der Waals surface area contributed by atoms with Crippen LogP contribution in [0.1, 0.15) is 28.3 Å². The monoisotopic (exact) mass is 341 g/mol. The standard InChI is InChI=1S/C17H19N5OS/c1-22-12-18-10-15(22)17(23)20-9-5-3-7-16-21-14(11-24-16)13-6-2-4-8-19-13/h2,4,6,8,10-12H,3,5,7,9H2,1H3,(H,20,23). The second-order valence-electron chi connectivity index (χ2n) is 5.44. The van der Waals surface area contributed by atoms with Gasteiger partial charge in [0.15, 0.2) is 0 Å². The molecule has 3 aromatic heterocycles. The van der Waals surface area contributed by atoms with Crippen LogP contribution in [0.2, 0.25) is 0 Å². The van der Waals surface area contributed by atoms with Gasteiger partial charge in [-0.25, -0.2) is 9.97 Å². The molecule has 0 radical (unpaired) electrons. The van der Waals surface area contributed by atoms with Gasteiger partial charge in [0, 0.05) is 25.2 Å². The van der Waals surface area contributed by atoms with Gasteiger partial charge in [0.1, 0.15) is 5.69 Å². The van der Waals surface area contributed by atoms with E-state index in [2.05, 4.69) is 20.3 Å². The lowest BCUT2D eigenvalue weighted by atomic mass is 10.2. The zero-order chi connectivity index (χ0) is 16.8. The number of thiazole rings is 1. The van der Waals surface area contributed by atoms with Crippen LogP contribution in [0.4, 0.5) is 0 Å². The van der Waals surface area contributed by atoms with Gasteiger partial charge >= 0.3 is 0 Å². The minimum absolute atomic E-state index is 0.0818. The topological polar surface area (TPSA) is 72.7 Å². The van der Waals surface area contributed by atoms with Gasteiger partial charge in [-0.2, -0.15) is 0 Å². The fourth-order valence-electron chi connectivity index (χ4n) is 2.33. The average molecular weight is 341 g/mol. The lowest BCUT2D eigenvalue weighted by Gasteiger charge is -2.04. The first-order valence-corrected chi connectivity index (χ1v) is 8.72. The number of amides is 1. The highest BCUT2D eigenvalue weighted by Crippen LogP contribution is 2.20.